The highest BCUT2D eigenvalue weighted by atomic mass is 32.1. The van der Waals surface area contributed by atoms with Gasteiger partial charge in [0.25, 0.3) is 0 Å². The molecule has 0 aliphatic rings. The van der Waals surface area contributed by atoms with E-state index in [0.29, 0.717) is 6.04 Å². The third-order valence-corrected chi connectivity index (χ3v) is 3.05. The third kappa shape index (κ3) is 2.93. The highest BCUT2D eigenvalue weighted by molar-refractivity contribution is 7.11. The summed E-state index contributed by atoms with van der Waals surface area (Å²) in [5, 5.41) is 4.57. The molecule has 1 N–H and O–H groups in total. The van der Waals surface area contributed by atoms with Crippen molar-refractivity contribution in [3.63, 3.8) is 0 Å². The molecule has 0 aliphatic heterocycles. The minimum absolute atomic E-state index is 0.347. The zero-order valence-electron chi connectivity index (χ0n) is 9.13. The summed E-state index contributed by atoms with van der Waals surface area (Å²) in [5.74, 6) is 0. The Bertz CT molecular complexity index is 304. The lowest BCUT2D eigenvalue weighted by Gasteiger charge is -2.11. The molecule has 0 saturated carbocycles. The van der Waals surface area contributed by atoms with Crippen LogP contribution < -0.4 is 5.32 Å². The van der Waals surface area contributed by atoms with Crippen molar-refractivity contribution >= 4 is 11.3 Å². The Hall–Kier alpha value is -0.670. The summed E-state index contributed by atoms with van der Waals surface area (Å²) in [6, 6.07) is 0.347. The molecule has 14 heavy (non-hydrogen) atoms. The standard InChI is InChI=1S/C11H18N2S/c1-5-6-7-12-8(2)11-9(3)14-10(4)13-11/h5,8,12H,1,6-7H2,2-4H3. The summed E-state index contributed by atoms with van der Waals surface area (Å²) in [4.78, 5) is 5.84. The fourth-order valence-corrected chi connectivity index (χ4v) is 2.36. The minimum Gasteiger partial charge on any atom is -0.309 e. The maximum Gasteiger partial charge on any atom is 0.0900 e. The summed E-state index contributed by atoms with van der Waals surface area (Å²) in [6.07, 6.45) is 2.94. The average Bonchev–Trinajstić information content (AvgIpc) is 2.45. The van der Waals surface area contributed by atoms with E-state index in [4.69, 9.17) is 0 Å². The number of hydrogen-bond donors (Lipinski definition) is 1. The van der Waals surface area contributed by atoms with E-state index in [1.165, 1.54) is 10.6 Å². The summed E-state index contributed by atoms with van der Waals surface area (Å²) < 4.78 is 0. The molecule has 78 valence electrons. The van der Waals surface area contributed by atoms with Gasteiger partial charge in [-0.3, -0.25) is 0 Å². The van der Waals surface area contributed by atoms with Crippen LogP contribution in [0, 0.1) is 13.8 Å². The van der Waals surface area contributed by atoms with Crippen molar-refractivity contribution in [3.05, 3.63) is 28.2 Å². The van der Waals surface area contributed by atoms with Crippen molar-refractivity contribution < 1.29 is 0 Å². The molecule has 0 aromatic carbocycles. The summed E-state index contributed by atoms with van der Waals surface area (Å²) in [6.45, 7) is 11.0. The molecule has 0 radical (unpaired) electrons. The summed E-state index contributed by atoms with van der Waals surface area (Å²) >= 11 is 1.77. The van der Waals surface area contributed by atoms with Gasteiger partial charge in [-0.1, -0.05) is 6.08 Å². The second-order valence-electron chi connectivity index (χ2n) is 3.43. The molecule has 2 nitrogen and oxygen atoms in total. The van der Waals surface area contributed by atoms with Crippen molar-refractivity contribution in [1.29, 1.82) is 0 Å². The van der Waals surface area contributed by atoms with Crippen LogP contribution in [0.4, 0.5) is 0 Å². The van der Waals surface area contributed by atoms with Crippen LogP contribution in [-0.2, 0) is 0 Å². The van der Waals surface area contributed by atoms with Crippen LogP contribution in [-0.4, -0.2) is 11.5 Å². The predicted octanol–water partition coefficient (Wildman–Crippen LogP) is 2.99. The van der Waals surface area contributed by atoms with Gasteiger partial charge in [-0.15, -0.1) is 17.9 Å². The monoisotopic (exact) mass is 210 g/mol. The minimum atomic E-state index is 0.347. The van der Waals surface area contributed by atoms with Gasteiger partial charge in [0.15, 0.2) is 0 Å². The molecular weight excluding hydrogens is 192 g/mol. The Kier molecular flexibility index (Phi) is 4.29. The van der Waals surface area contributed by atoms with Gasteiger partial charge in [-0.25, -0.2) is 4.98 Å². The molecule has 0 fully saturated rings. The van der Waals surface area contributed by atoms with E-state index in [1.54, 1.807) is 11.3 Å². The number of hydrogen-bond acceptors (Lipinski definition) is 3. The Morgan fingerprint density at radius 1 is 1.57 bits per heavy atom. The first-order valence-corrected chi connectivity index (χ1v) is 5.75. The van der Waals surface area contributed by atoms with Crippen LogP contribution in [0.1, 0.15) is 35.0 Å². The van der Waals surface area contributed by atoms with Gasteiger partial charge in [0.2, 0.25) is 0 Å². The molecule has 0 saturated heterocycles. The molecule has 0 bridgehead atoms. The number of nitrogens with one attached hydrogen (secondary N) is 1. The van der Waals surface area contributed by atoms with Gasteiger partial charge in [0.05, 0.1) is 10.7 Å². The Labute approximate surface area is 90.1 Å². The van der Waals surface area contributed by atoms with E-state index >= 15 is 0 Å². The van der Waals surface area contributed by atoms with Crippen LogP contribution in [0.15, 0.2) is 12.7 Å². The highest BCUT2D eigenvalue weighted by Crippen LogP contribution is 2.22. The Morgan fingerprint density at radius 3 is 2.79 bits per heavy atom. The molecular formula is C11H18N2S. The first kappa shape index (κ1) is 11.4. The van der Waals surface area contributed by atoms with Gasteiger partial charge in [-0.05, 0) is 33.7 Å². The van der Waals surface area contributed by atoms with Gasteiger partial charge in [0, 0.05) is 10.9 Å². The molecule has 1 aromatic rings. The second kappa shape index (κ2) is 5.27. The van der Waals surface area contributed by atoms with E-state index in [-0.39, 0.29) is 0 Å². The van der Waals surface area contributed by atoms with Crippen LogP contribution in [0.2, 0.25) is 0 Å². The highest BCUT2D eigenvalue weighted by Gasteiger charge is 2.11. The topological polar surface area (TPSA) is 24.9 Å². The predicted molar refractivity (Wildman–Crippen MR) is 62.8 cm³/mol. The molecule has 0 aliphatic carbocycles. The van der Waals surface area contributed by atoms with Crippen LogP contribution in [0.25, 0.3) is 0 Å². The van der Waals surface area contributed by atoms with Crippen molar-refractivity contribution in [3.8, 4) is 0 Å². The third-order valence-electron chi connectivity index (χ3n) is 2.15. The van der Waals surface area contributed by atoms with Crippen LogP contribution >= 0.6 is 11.3 Å². The van der Waals surface area contributed by atoms with Crippen molar-refractivity contribution in [2.75, 3.05) is 6.54 Å². The number of thiazole rings is 1. The Morgan fingerprint density at radius 2 is 2.29 bits per heavy atom. The molecule has 0 spiro atoms. The maximum atomic E-state index is 4.52. The second-order valence-corrected chi connectivity index (χ2v) is 4.83. The first-order valence-electron chi connectivity index (χ1n) is 4.93. The smallest absolute Gasteiger partial charge is 0.0900 e. The van der Waals surface area contributed by atoms with Crippen molar-refractivity contribution in [1.82, 2.24) is 10.3 Å². The van der Waals surface area contributed by atoms with E-state index in [0.717, 1.165) is 18.0 Å². The fraction of sp³-hybridized carbons (Fsp3) is 0.545. The molecule has 1 rings (SSSR count). The summed E-state index contributed by atoms with van der Waals surface area (Å²) in [5.41, 5.74) is 1.19. The van der Waals surface area contributed by atoms with E-state index in [1.807, 2.05) is 6.08 Å². The SMILES string of the molecule is C=CCCNC(C)c1nc(C)sc1C. The van der Waals surface area contributed by atoms with E-state index < -0.39 is 0 Å². The molecule has 1 unspecified atom stereocenters. The largest absolute Gasteiger partial charge is 0.309 e. The average molecular weight is 210 g/mol. The Balaban J connectivity index is 2.55. The maximum absolute atomic E-state index is 4.52. The lowest BCUT2D eigenvalue weighted by Crippen LogP contribution is -2.20. The van der Waals surface area contributed by atoms with Crippen LogP contribution in [0.3, 0.4) is 0 Å². The number of aromatic nitrogens is 1. The number of aryl methyl sites for hydroxylation is 2. The number of nitrogens with zero attached hydrogens (tertiary/aromatic N) is 1. The lowest BCUT2D eigenvalue weighted by atomic mass is 10.2. The molecule has 1 atom stereocenters. The number of rotatable bonds is 5. The molecule has 3 heteroatoms. The zero-order valence-corrected chi connectivity index (χ0v) is 9.95. The van der Waals surface area contributed by atoms with Gasteiger partial charge in [0.1, 0.15) is 0 Å². The van der Waals surface area contributed by atoms with E-state index in [9.17, 15) is 0 Å². The van der Waals surface area contributed by atoms with Crippen LogP contribution in [0.5, 0.6) is 0 Å². The van der Waals surface area contributed by atoms with Crippen molar-refractivity contribution in [2.24, 2.45) is 0 Å². The fourth-order valence-electron chi connectivity index (χ4n) is 1.45. The molecule has 0 amide bonds. The van der Waals surface area contributed by atoms with Crippen molar-refractivity contribution in [2.45, 2.75) is 33.2 Å². The quantitative estimate of drug-likeness (QED) is 0.597. The zero-order chi connectivity index (χ0) is 10.6. The van der Waals surface area contributed by atoms with E-state index in [2.05, 4.69) is 37.7 Å². The molecule has 1 aromatic heterocycles. The lowest BCUT2D eigenvalue weighted by molar-refractivity contribution is 0.567. The van der Waals surface area contributed by atoms with Gasteiger partial charge in [-0.2, -0.15) is 0 Å². The van der Waals surface area contributed by atoms with Gasteiger partial charge >= 0.3 is 0 Å². The summed E-state index contributed by atoms with van der Waals surface area (Å²) in [7, 11) is 0. The first-order chi connectivity index (χ1) is 6.65. The molecule has 1 heterocycles. The normalized spacial score (nSPS) is 12.8. The van der Waals surface area contributed by atoms with Gasteiger partial charge < -0.3 is 5.32 Å².